The molecule has 0 aromatic heterocycles. The highest BCUT2D eigenvalue weighted by molar-refractivity contribution is 5.76. The number of ether oxygens (including phenoxy) is 2. The molecule has 1 aliphatic heterocycles. The first-order valence-corrected chi connectivity index (χ1v) is 21.7. The van der Waals surface area contributed by atoms with Crippen LogP contribution < -0.4 is 5.32 Å². The molecular formula is C42H78FNO9. The first kappa shape index (κ1) is 46.5. The van der Waals surface area contributed by atoms with Crippen LogP contribution in [0, 0.1) is 11.3 Å². The fourth-order valence-corrected chi connectivity index (χ4v) is 8.95. The fourth-order valence-electron chi connectivity index (χ4n) is 8.95. The van der Waals surface area contributed by atoms with E-state index in [9.17, 15) is 39.8 Å². The quantitative estimate of drug-likeness (QED) is 0.0377. The van der Waals surface area contributed by atoms with Gasteiger partial charge >= 0.3 is 0 Å². The van der Waals surface area contributed by atoms with Crippen molar-refractivity contribution in [2.45, 2.75) is 235 Å². The summed E-state index contributed by atoms with van der Waals surface area (Å²) < 4.78 is 24.9. The monoisotopic (exact) mass is 760 g/mol. The number of hydrogen-bond acceptors (Lipinski definition) is 9. The van der Waals surface area contributed by atoms with E-state index < -0.39 is 61.2 Å². The molecular weight excluding hydrogens is 681 g/mol. The summed E-state index contributed by atoms with van der Waals surface area (Å²) in [7, 11) is 0. The minimum atomic E-state index is -1.60. The molecule has 5 unspecified atom stereocenters. The normalized spacial score (nSPS) is 31.0. The van der Waals surface area contributed by atoms with Crippen LogP contribution in [0.3, 0.4) is 0 Å². The summed E-state index contributed by atoms with van der Waals surface area (Å²) in [5.74, 6) is 0.0489. The number of unbranched alkanes of at least 4 members (excludes halogenated alkanes) is 20. The van der Waals surface area contributed by atoms with Gasteiger partial charge in [0.05, 0.1) is 25.4 Å². The average molecular weight is 760 g/mol. The van der Waals surface area contributed by atoms with Gasteiger partial charge in [-0.15, -0.1) is 0 Å². The molecule has 4 aliphatic rings. The number of alkyl halides is 1. The van der Waals surface area contributed by atoms with Crippen molar-refractivity contribution >= 4 is 5.91 Å². The highest BCUT2D eigenvalue weighted by Crippen LogP contribution is 2.75. The lowest BCUT2D eigenvalue weighted by Crippen LogP contribution is -2.71. The Labute approximate surface area is 320 Å². The van der Waals surface area contributed by atoms with Gasteiger partial charge in [0.1, 0.15) is 36.2 Å². The summed E-state index contributed by atoms with van der Waals surface area (Å²) >= 11 is 0. The number of aliphatic hydroxyl groups is 6. The predicted molar refractivity (Wildman–Crippen MR) is 205 cm³/mol. The van der Waals surface area contributed by atoms with Crippen LogP contribution in [0.25, 0.3) is 0 Å². The van der Waals surface area contributed by atoms with E-state index in [0.717, 1.165) is 32.1 Å². The molecule has 4 fully saturated rings. The summed E-state index contributed by atoms with van der Waals surface area (Å²) in [5.41, 5.74) is -0.368. The number of aliphatic hydroxyl groups excluding tert-OH is 6. The third kappa shape index (κ3) is 14.8. The zero-order valence-corrected chi connectivity index (χ0v) is 33.3. The topological polar surface area (TPSA) is 169 Å². The van der Waals surface area contributed by atoms with Gasteiger partial charge in [0.25, 0.3) is 0 Å². The van der Waals surface area contributed by atoms with Crippen LogP contribution in [0.15, 0.2) is 0 Å². The SMILES string of the molecule is CC[C@@H](O)[C@@H](O)[C@H](COC1OC(CO)C(O)C(O)C1O)NC(=O)CCCCCCCCCCCCCCCCCCCCCCCC12CC(F)(C1)[C@@H]2C. The van der Waals surface area contributed by atoms with Gasteiger partial charge in [-0.05, 0) is 43.4 Å². The van der Waals surface area contributed by atoms with Gasteiger partial charge < -0.3 is 45.4 Å². The number of rotatable bonds is 32. The van der Waals surface area contributed by atoms with Crippen LogP contribution in [0.5, 0.6) is 0 Å². The molecule has 0 spiro atoms. The maximum Gasteiger partial charge on any atom is 0.220 e. The Bertz CT molecular complexity index is 982. The predicted octanol–water partition coefficient (Wildman–Crippen LogP) is 6.53. The van der Waals surface area contributed by atoms with E-state index in [4.69, 9.17) is 9.47 Å². The Balaban J connectivity index is 1.07. The largest absolute Gasteiger partial charge is 0.394 e. The molecule has 2 bridgehead atoms. The number of hydrogen-bond donors (Lipinski definition) is 7. The Kier molecular flexibility index (Phi) is 21.6. The highest BCUT2D eigenvalue weighted by Gasteiger charge is 2.73. The van der Waals surface area contributed by atoms with Gasteiger partial charge in [-0.3, -0.25) is 4.79 Å². The third-order valence-corrected chi connectivity index (χ3v) is 12.9. The first-order chi connectivity index (χ1) is 25.5. The van der Waals surface area contributed by atoms with Crippen LogP contribution in [0.2, 0.25) is 0 Å². The van der Waals surface area contributed by atoms with E-state index in [0.29, 0.717) is 17.8 Å². The Morgan fingerprint density at radius 2 is 1.21 bits per heavy atom. The average Bonchev–Trinajstić information content (AvgIpc) is 3.15. The molecule has 53 heavy (non-hydrogen) atoms. The molecule has 9 atom stereocenters. The van der Waals surface area contributed by atoms with Gasteiger partial charge in [-0.1, -0.05) is 142 Å². The zero-order valence-electron chi connectivity index (χ0n) is 33.3. The van der Waals surface area contributed by atoms with E-state index in [1.165, 1.54) is 116 Å². The smallest absolute Gasteiger partial charge is 0.220 e. The van der Waals surface area contributed by atoms with Crippen molar-refractivity contribution in [2.75, 3.05) is 13.2 Å². The molecule has 0 aromatic carbocycles. The standard InChI is InChI=1S/C42H78FNO9/c1-3-33(46)36(48)32(28-52-40-39(51)38(50)37(49)34(27-45)53-40)44-35(47)25-23-21-19-17-15-13-11-9-7-5-4-6-8-10-12-14-16-18-20-22-24-26-41-29-42(43,30-41)31(41)2/h31-34,36-40,45-46,48-51H,3-30H2,1-2H3,(H,44,47)/t31-,32+,33-,34?,36+,37?,38?,39?,40?,41?,42?/m1/s1. The second kappa shape index (κ2) is 24.7. The maximum absolute atomic E-state index is 14.0. The van der Waals surface area contributed by atoms with E-state index in [2.05, 4.69) is 12.2 Å². The van der Waals surface area contributed by atoms with E-state index in [-0.39, 0.29) is 25.4 Å². The molecule has 10 nitrogen and oxygen atoms in total. The first-order valence-electron chi connectivity index (χ1n) is 21.7. The van der Waals surface area contributed by atoms with Crippen LogP contribution in [0.4, 0.5) is 4.39 Å². The Morgan fingerprint density at radius 3 is 1.62 bits per heavy atom. The van der Waals surface area contributed by atoms with Crippen molar-refractivity contribution in [3.63, 3.8) is 0 Å². The summed E-state index contributed by atoms with van der Waals surface area (Å²) in [6.45, 7) is 2.90. The number of carbonyl (C=O) groups excluding carboxylic acids is 1. The van der Waals surface area contributed by atoms with Crippen molar-refractivity contribution in [3.05, 3.63) is 0 Å². The van der Waals surface area contributed by atoms with Crippen LogP contribution >= 0.6 is 0 Å². The van der Waals surface area contributed by atoms with Gasteiger partial charge in [0, 0.05) is 6.42 Å². The van der Waals surface area contributed by atoms with E-state index in [1.54, 1.807) is 6.92 Å². The van der Waals surface area contributed by atoms with Crippen molar-refractivity contribution < 1.29 is 49.3 Å². The lowest BCUT2D eigenvalue weighted by Gasteiger charge is -2.72. The second-order valence-electron chi connectivity index (χ2n) is 17.1. The van der Waals surface area contributed by atoms with Crippen LogP contribution in [0.1, 0.15) is 181 Å². The molecule has 11 heteroatoms. The summed E-state index contributed by atoms with van der Waals surface area (Å²) in [5, 5.41) is 63.1. The molecule has 0 radical (unpaired) electrons. The molecule has 1 saturated heterocycles. The molecule has 312 valence electrons. The number of carbonyl (C=O) groups is 1. The van der Waals surface area contributed by atoms with Crippen molar-refractivity contribution in [1.29, 1.82) is 0 Å². The number of halogens is 1. The Hall–Kier alpha value is -0.920. The molecule has 3 aliphatic carbocycles. The summed E-state index contributed by atoms with van der Waals surface area (Å²) in [4.78, 5) is 12.7. The lowest BCUT2D eigenvalue weighted by molar-refractivity contribution is -0.303. The van der Waals surface area contributed by atoms with Gasteiger partial charge in [-0.25, -0.2) is 4.39 Å². The minimum Gasteiger partial charge on any atom is -0.394 e. The molecule has 1 heterocycles. The van der Waals surface area contributed by atoms with Gasteiger partial charge in [-0.2, -0.15) is 0 Å². The highest BCUT2D eigenvalue weighted by atomic mass is 19.1. The van der Waals surface area contributed by atoms with Crippen molar-refractivity contribution in [2.24, 2.45) is 11.3 Å². The molecule has 4 rings (SSSR count). The van der Waals surface area contributed by atoms with Crippen LogP contribution in [-0.4, -0.2) is 104 Å². The molecule has 3 saturated carbocycles. The fraction of sp³-hybridized carbons (Fsp3) is 0.976. The summed E-state index contributed by atoms with van der Waals surface area (Å²) in [6.07, 6.45) is 20.4. The molecule has 0 aromatic rings. The van der Waals surface area contributed by atoms with Gasteiger partial charge in [0.15, 0.2) is 6.29 Å². The van der Waals surface area contributed by atoms with E-state index in [1.807, 2.05) is 0 Å². The zero-order chi connectivity index (χ0) is 38.7. The van der Waals surface area contributed by atoms with Crippen LogP contribution in [-0.2, 0) is 14.3 Å². The maximum atomic E-state index is 14.0. The third-order valence-electron chi connectivity index (χ3n) is 12.9. The number of amides is 1. The molecule has 1 amide bonds. The summed E-state index contributed by atoms with van der Waals surface area (Å²) in [6, 6.07) is -0.989. The second-order valence-corrected chi connectivity index (χ2v) is 17.1. The van der Waals surface area contributed by atoms with Gasteiger partial charge in [0.2, 0.25) is 5.91 Å². The lowest BCUT2D eigenvalue weighted by atomic mass is 9.35. The minimum absolute atomic E-state index is 0.252. The molecule has 7 N–H and O–H groups in total. The van der Waals surface area contributed by atoms with Crippen molar-refractivity contribution in [1.82, 2.24) is 5.32 Å². The van der Waals surface area contributed by atoms with Crippen molar-refractivity contribution in [3.8, 4) is 0 Å². The number of nitrogens with one attached hydrogen (secondary N) is 1. The van der Waals surface area contributed by atoms with E-state index >= 15 is 0 Å². The Morgan fingerprint density at radius 1 is 0.755 bits per heavy atom.